The van der Waals surface area contributed by atoms with Crippen molar-refractivity contribution >= 4 is 21.6 Å². The van der Waals surface area contributed by atoms with Gasteiger partial charge in [-0.05, 0) is 43.2 Å². The normalized spacial score (nSPS) is 15.4. The first kappa shape index (κ1) is 19.9. The Morgan fingerprint density at radius 2 is 1.69 bits per heavy atom. The van der Waals surface area contributed by atoms with Crippen molar-refractivity contribution in [3.8, 4) is 28.7 Å². The van der Waals surface area contributed by atoms with Crippen LogP contribution in [0.25, 0.3) is 22.9 Å². The second-order valence-electron chi connectivity index (χ2n) is 6.72. The lowest BCUT2D eigenvalue weighted by molar-refractivity contribution is 0.346. The Kier molecular flexibility index (Phi) is 5.58. The summed E-state index contributed by atoms with van der Waals surface area (Å²) in [5.41, 5.74) is 1.01. The minimum Gasteiger partial charge on any atom is -0.496 e. The molecule has 1 saturated heterocycles. The van der Waals surface area contributed by atoms with E-state index in [4.69, 9.17) is 20.8 Å². The number of hydrogen-bond acceptors (Lipinski definition) is 6. The van der Waals surface area contributed by atoms with Gasteiger partial charge in [0.25, 0.3) is 5.89 Å². The molecule has 152 valence electrons. The van der Waals surface area contributed by atoms with Gasteiger partial charge >= 0.3 is 0 Å². The zero-order valence-electron chi connectivity index (χ0n) is 15.8. The standard InChI is InChI=1S/C20H20ClN3O4S/c1-27-18-8-4-3-7-15(18)19-22-23-20(28-19)16-13-14(9-10-17(16)21)29(25,26)24-11-5-2-6-12-24/h3-4,7-10,13H,2,5-6,11-12H2,1H3. The maximum atomic E-state index is 13.0. The van der Waals surface area contributed by atoms with Gasteiger partial charge in [0, 0.05) is 13.1 Å². The van der Waals surface area contributed by atoms with E-state index in [-0.39, 0.29) is 16.7 Å². The molecule has 1 aromatic heterocycles. The molecule has 4 rings (SSSR count). The summed E-state index contributed by atoms with van der Waals surface area (Å²) >= 11 is 6.32. The second kappa shape index (κ2) is 8.14. The zero-order valence-corrected chi connectivity index (χ0v) is 17.4. The molecule has 7 nitrogen and oxygen atoms in total. The third-order valence-electron chi connectivity index (χ3n) is 4.88. The number of hydrogen-bond donors (Lipinski definition) is 0. The average molecular weight is 434 g/mol. The number of sulfonamides is 1. The van der Waals surface area contributed by atoms with E-state index in [2.05, 4.69) is 10.2 Å². The van der Waals surface area contributed by atoms with Crippen LogP contribution in [0.5, 0.6) is 5.75 Å². The summed E-state index contributed by atoms with van der Waals surface area (Å²) in [7, 11) is -2.04. The molecule has 0 N–H and O–H groups in total. The van der Waals surface area contributed by atoms with Crippen LogP contribution in [0.4, 0.5) is 0 Å². The summed E-state index contributed by atoms with van der Waals surface area (Å²) < 4.78 is 38.6. The minimum absolute atomic E-state index is 0.145. The first-order chi connectivity index (χ1) is 14.0. The van der Waals surface area contributed by atoms with E-state index in [1.165, 1.54) is 16.4 Å². The number of nitrogens with zero attached hydrogens (tertiary/aromatic N) is 3. The monoisotopic (exact) mass is 433 g/mol. The van der Waals surface area contributed by atoms with E-state index in [1.54, 1.807) is 25.3 Å². The first-order valence-corrected chi connectivity index (χ1v) is 11.1. The van der Waals surface area contributed by atoms with Crippen molar-refractivity contribution in [1.29, 1.82) is 0 Å². The predicted molar refractivity (Wildman–Crippen MR) is 109 cm³/mol. The number of benzene rings is 2. The summed E-state index contributed by atoms with van der Waals surface area (Å²) in [6, 6.07) is 11.8. The molecular weight excluding hydrogens is 414 g/mol. The van der Waals surface area contributed by atoms with Crippen molar-refractivity contribution in [2.75, 3.05) is 20.2 Å². The van der Waals surface area contributed by atoms with E-state index in [1.807, 2.05) is 12.1 Å². The zero-order chi connectivity index (χ0) is 20.4. The molecule has 0 saturated carbocycles. The van der Waals surface area contributed by atoms with Crippen molar-refractivity contribution in [2.45, 2.75) is 24.2 Å². The van der Waals surface area contributed by atoms with Crippen LogP contribution in [0.15, 0.2) is 51.8 Å². The lowest BCUT2D eigenvalue weighted by Crippen LogP contribution is -2.35. The fraction of sp³-hybridized carbons (Fsp3) is 0.300. The van der Waals surface area contributed by atoms with Crippen LogP contribution in [-0.4, -0.2) is 43.1 Å². The second-order valence-corrected chi connectivity index (χ2v) is 9.06. The summed E-state index contributed by atoms with van der Waals surface area (Å²) in [5.74, 6) is 1.000. The molecule has 3 aromatic rings. The van der Waals surface area contributed by atoms with E-state index in [0.29, 0.717) is 35.0 Å². The molecule has 0 amide bonds. The van der Waals surface area contributed by atoms with Gasteiger partial charge in [-0.1, -0.05) is 30.2 Å². The molecule has 0 spiro atoms. The van der Waals surface area contributed by atoms with Gasteiger partial charge in [0.1, 0.15) is 5.75 Å². The maximum absolute atomic E-state index is 13.0. The van der Waals surface area contributed by atoms with E-state index in [0.717, 1.165) is 19.3 Å². The van der Waals surface area contributed by atoms with Crippen molar-refractivity contribution < 1.29 is 17.6 Å². The van der Waals surface area contributed by atoms with E-state index >= 15 is 0 Å². The number of aromatic nitrogens is 2. The largest absolute Gasteiger partial charge is 0.496 e. The maximum Gasteiger partial charge on any atom is 0.251 e. The lowest BCUT2D eigenvalue weighted by Gasteiger charge is -2.26. The summed E-state index contributed by atoms with van der Waals surface area (Å²) in [6.45, 7) is 1.05. The van der Waals surface area contributed by atoms with Gasteiger partial charge in [0.05, 0.1) is 28.2 Å². The molecule has 2 aromatic carbocycles. The van der Waals surface area contributed by atoms with Crippen molar-refractivity contribution in [3.05, 3.63) is 47.5 Å². The molecule has 2 heterocycles. The Bertz CT molecular complexity index is 1120. The molecule has 29 heavy (non-hydrogen) atoms. The number of rotatable bonds is 5. The Morgan fingerprint density at radius 1 is 1.00 bits per heavy atom. The molecule has 1 aliphatic heterocycles. The SMILES string of the molecule is COc1ccccc1-c1nnc(-c2cc(S(=O)(=O)N3CCCCC3)ccc2Cl)o1. The minimum atomic E-state index is -3.60. The number of halogens is 1. The summed E-state index contributed by atoms with van der Waals surface area (Å²) in [6.07, 6.45) is 2.78. The van der Waals surface area contributed by atoms with Gasteiger partial charge in [-0.2, -0.15) is 4.31 Å². The van der Waals surface area contributed by atoms with Crippen molar-refractivity contribution in [2.24, 2.45) is 0 Å². The number of piperidine rings is 1. The molecule has 0 bridgehead atoms. The highest BCUT2D eigenvalue weighted by atomic mass is 35.5. The Hall–Kier alpha value is -2.42. The van der Waals surface area contributed by atoms with Gasteiger partial charge in [-0.15, -0.1) is 10.2 Å². The average Bonchev–Trinajstić information content (AvgIpc) is 3.24. The molecule has 0 atom stereocenters. The van der Waals surface area contributed by atoms with E-state index < -0.39 is 10.0 Å². The number of methoxy groups -OCH3 is 1. The molecule has 9 heteroatoms. The van der Waals surface area contributed by atoms with Crippen LogP contribution in [0.1, 0.15) is 19.3 Å². The Balaban J connectivity index is 1.71. The highest BCUT2D eigenvalue weighted by Gasteiger charge is 2.27. The predicted octanol–water partition coefficient (Wildman–Crippen LogP) is 4.24. The number of ether oxygens (including phenoxy) is 1. The van der Waals surface area contributed by atoms with Crippen molar-refractivity contribution in [1.82, 2.24) is 14.5 Å². The first-order valence-electron chi connectivity index (χ1n) is 9.27. The summed E-state index contributed by atoms with van der Waals surface area (Å²) in [4.78, 5) is 0.163. The van der Waals surface area contributed by atoms with Gasteiger partial charge < -0.3 is 9.15 Å². The Morgan fingerprint density at radius 3 is 2.41 bits per heavy atom. The molecule has 1 fully saturated rings. The smallest absolute Gasteiger partial charge is 0.251 e. The van der Waals surface area contributed by atoms with Crippen molar-refractivity contribution in [3.63, 3.8) is 0 Å². The highest BCUT2D eigenvalue weighted by molar-refractivity contribution is 7.89. The van der Waals surface area contributed by atoms with Crippen LogP contribution in [-0.2, 0) is 10.0 Å². The van der Waals surface area contributed by atoms with Crippen LogP contribution in [0, 0.1) is 0 Å². The lowest BCUT2D eigenvalue weighted by atomic mass is 10.2. The molecule has 1 aliphatic rings. The quantitative estimate of drug-likeness (QED) is 0.598. The summed E-state index contributed by atoms with van der Waals surface area (Å²) in [5, 5.41) is 8.48. The molecule has 0 unspecified atom stereocenters. The fourth-order valence-corrected chi connectivity index (χ4v) is 5.09. The van der Waals surface area contributed by atoms with E-state index in [9.17, 15) is 8.42 Å². The van der Waals surface area contributed by atoms with Crippen LogP contribution >= 0.6 is 11.6 Å². The van der Waals surface area contributed by atoms with Gasteiger partial charge in [0.15, 0.2) is 0 Å². The third kappa shape index (κ3) is 3.88. The van der Waals surface area contributed by atoms with Gasteiger partial charge in [0.2, 0.25) is 15.9 Å². The molecule has 0 radical (unpaired) electrons. The third-order valence-corrected chi connectivity index (χ3v) is 7.11. The fourth-order valence-electron chi connectivity index (χ4n) is 3.35. The van der Waals surface area contributed by atoms with Gasteiger partial charge in [-0.3, -0.25) is 0 Å². The highest BCUT2D eigenvalue weighted by Crippen LogP contribution is 2.34. The molecular formula is C20H20ClN3O4S. The number of para-hydroxylation sites is 1. The van der Waals surface area contributed by atoms with Crippen LogP contribution in [0.2, 0.25) is 5.02 Å². The molecule has 0 aliphatic carbocycles. The van der Waals surface area contributed by atoms with Crippen LogP contribution < -0.4 is 4.74 Å². The topological polar surface area (TPSA) is 85.5 Å². The van der Waals surface area contributed by atoms with Gasteiger partial charge in [-0.25, -0.2) is 8.42 Å². The Labute approximate surface area is 174 Å². The van der Waals surface area contributed by atoms with Crippen LogP contribution in [0.3, 0.4) is 0 Å².